The summed E-state index contributed by atoms with van der Waals surface area (Å²) in [4.78, 5) is 38.8. The van der Waals surface area contributed by atoms with Crippen molar-refractivity contribution < 1.29 is 28.6 Å². The molecule has 1 amide bonds. The third-order valence-corrected chi connectivity index (χ3v) is 7.47. The van der Waals surface area contributed by atoms with Crippen molar-refractivity contribution in [3.05, 3.63) is 69.8 Å². The van der Waals surface area contributed by atoms with Gasteiger partial charge in [0.25, 0.3) is 5.91 Å². The molecule has 1 aromatic heterocycles. The van der Waals surface area contributed by atoms with E-state index < -0.39 is 17.9 Å². The molecule has 2 heterocycles. The molecular weight excluding hydrogens is 513 g/mol. The van der Waals surface area contributed by atoms with Crippen molar-refractivity contribution in [3.63, 3.8) is 0 Å². The van der Waals surface area contributed by atoms with Crippen LogP contribution >= 0.6 is 11.6 Å². The molecular formula is C28H27ClFN3O5. The standard InChI is InChI=1S/C28H27ClFN3O5/c29-18-4-3-16-12-26(21(27(31)35)11-17(16)10-18)38-15-25(34)22-14-33(24-13-19(30)5-6-20(22)24)9-8-32-7-1-2-23(32)28(36)37/h3-4,10-14,23H,1-2,5-9,15H2,(H2,31,35)(H,36,37)/t23-/m0/s1. The first-order chi connectivity index (χ1) is 18.2. The number of primary amides is 1. The van der Waals surface area contributed by atoms with E-state index in [1.54, 1.807) is 36.5 Å². The Morgan fingerprint density at radius 2 is 1.92 bits per heavy atom. The fraction of sp³-hybridized carbons (Fsp3) is 0.321. The predicted octanol–water partition coefficient (Wildman–Crippen LogP) is 4.46. The Morgan fingerprint density at radius 1 is 1.11 bits per heavy atom. The van der Waals surface area contributed by atoms with Crippen LogP contribution in [0, 0.1) is 0 Å². The first kappa shape index (κ1) is 25.9. The first-order valence-electron chi connectivity index (χ1n) is 12.5. The molecule has 5 rings (SSSR count). The summed E-state index contributed by atoms with van der Waals surface area (Å²) in [5, 5.41) is 11.5. The largest absolute Gasteiger partial charge is 0.485 e. The molecule has 1 atom stereocenters. The molecule has 0 bridgehead atoms. The quantitative estimate of drug-likeness (QED) is 0.388. The molecule has 8 nitrogen and oxygen atoms in total. The van der Waals surface area contributed by atoms with Gasteiger partial charge in [-0.3, -0.25) is 19.3 Å². The van der Waals surface area contributed by atoms with Gasteiger partial charge in [0, 0.05) is 42.0 Å². The minimum atomic E-state index is -0.844. The van der Waals surface area contributed by atoms with Crippen molar-refractivity contribution in [2.75, 3.05) is 19.7 Å². The van der Waals surface area contributed by atoms with Gasteiger partial charge in [0.15, 0.2) is 6.61 Å². The van der Waals surface area contributed by atoms with Gasteiger partial charge >= 0.3 is 5.97 Å². The number of allylic oxidation sites excluding steroid dienone is 1. The lowest BCUT2D eigenvalue weighted by atomic mass is 9.98. The zero-order valence-electron chi connectivity index (χ0n) is 20.6. The van der Waals surface area contributed by atoms with E-state index in [1.807, 2.05) is 9.47 Å². The number of hydrogen-bond acceptors (Lipinski definition) is 5. The second kappa shape index (κ2) is 10.6. The van der Waals surface area contributed by atoms with E-state index in [0.29, 0.717) is 54.1 Å². The minimum absolute atomic E-state index is 0.135. The smallest absolute Gasteiger partial charge is 0.320 e. The molecule has 10 heteroatoms. The Kier molecular flexibility index (Phi) is 7.23. The van der Waals surface area contributed by atoms with Gasteiger partial charge in [-0.2, -0.15) is 0 Å². The zero-order chi connectivity index (χ0) is 27.0. The number of carbonyl (C=O) groups excluding carboxylic acids is 2. The van der Waals surface area contributed by atoms with Gasteiger partial charge in [0.05, 0.1) is 5.56 Å². The molecule has 1 fully saturated rings. The van der Waals surface area contributed by atoms with Crippen LogP contribution in [0.4, 0.5) is 4.39 Å². The number of nitrogens with zero attached hydrogens (tertiary/aromatic N) is 2. The third-order valence-electron chi connectivity index (χ3n) is 7.24. The van der Waals surface area contributed by atoms with Crippen LogP contribution in [0.15, 0.2) is 42.4 Å². The van der Waals surface area contributed by atoms with Gasteiger partial charge in [-0.1, -0.05) is 17.7 Å². The summed E-state index contributed by atoms with van der Waals surface area (Å²) < 4.78 is 21.8. The number of amides is 1. The number of fused-ring (bicyclic) bond motifs is 2. The summed E-state index contributed by atoms with van der Waals surface area (Å²) in [5.74, 6) is -1.93. The van der Waals surface area contributed by atoms with Gasteiger partial charge in [-0.05, 0) is 72.5 Å². The van der Waals surface area contributed by atoms with Crippen LogP contribution in [0.3, 0.4) is 0 Å². The van der Waals surface area contributed by atoms with Crippen molar-refractivity contribution in [2.24, 2.45) is 5.73 Å². The molecule has 2 aliphatic rings. The lowest BCUT2D eigenvalue weighted by molar-refractivity contribution is -0.142. The second-order valence-corrected chi connectivity index (χ2v) is 10.1. The molecule has 1 aliphatic carbocycles. The Bertz CT molecular complexity index is 1480. The number of nitrogens with two attached hydrogens (primary N) is 1. The maximum absolute atomic E-state index is 14.2. The number of carbonyl (C=O) groups is 3. The SMILES string of the molecule is NC(=O)c1cc2cc(Cl)ccc2cc1OCC(=O)c1cn(CCN2CCC[C@H]2C(=O)O)c2c1CCC(F)=C2. The van der Waals surface area contributed by atoms with Crippen molar-refractivity contribution in [1.29, 1.82) is 0 Å². The van der Waals surface area contributed by atoms with E-state index >= 15 is 0 Å². The van der Waals surface area contributed by atoms with Gasteiger partial charge < -0.3 is 20.1 Å². The average molecular weight is 540 g/mol. The van der Waals surface area contributed by atoms with E-state index in [2.05, 4.69) is 0 Å². The van der Waals surface area contributed by atoms with Crippen LogP contribution < -0.4 is 10.5 Å². The Hall–Kier alpha value is -3.69. The van der Waals surface area contributed by atoms with E-state index in [-0.39, 0.29) is 36.0 Å². The van der Waals surface area contributed by atoms with Crippen LogP contribution in [0.25, 0.3) is 16.8 Å². The second-order valence-electron chi connectivity index (χ2n) is 9.64. The number of halogens is 2. The zero-order valence-corrected chi connectivity index (χ0v) is 21.3. The number of benzene rings is 2. The molecule has 3 N–H and O–H groups in total. The maximum atomic E-state index is 14.2. The van der Waals surface area contributed by atoms with E-state index in [0.717, 1.165) is 17.4 Å². The van der Waals surface area contributed by atoms with Crippen LogP contribution in [0.1, 0.15) is 51.2 Å². The highest BCUT2D eigenvalue weighted by Crippen LogP contribution is 2.31. The van der Waals surface area contributed by atoms with E-state index in [9.17, 15) is 23.9 Å². The minimum Gasteiger partial charge on any atom is -0.485 e. The monoisotopic (exact) mass is 539 g/mol. The summed E-state index contributed by atoms with van der Waals surface area (Å²) in [7, 11) is 0. The Balaban J connectivity index is 1.37. The molecule has 2 aromatic carbocycles. The predicted molar refractivity (Wildman–Crippen MR) is 141 cm³/mol. The summed E-state index contributed by atoms with van der Waals surface area (Å²) in [6.45, 7) is 1.24. The number of likely N-dealkylation sites (tertiary alicyclic amines) is 1. The van der Waals surface area contributed by atoms with E-state index in [1.165, 1.54) is 6.08 Å². The molecule has 38 heavy (non-hydrogen) atoms. The molecule has 0 saturated carbocycles. The molecule has 1 saturated heterocycles. The fourth-order valence-corrected chi connectivity index (χ4v) is 5.51. The number of ether oxygens (including phenoxy) is 1. The molecule has 3 aromatic rings. The number of carboxylic acids is 1. The van der Waals surface area contributed by atoms with Gasteiger partial charge in [-0.25, -0.2) is 4.39 Å². The normalized spacial score (nSPS) is 17.3. The number of aromatic nitrogens is 1. The van der Waals surface area contributed by atoms with Gasteiger partial charge in [-0.15, -0.1) is 0 Å². The lowest BCUT2D eigenvalue weighted by Crippen LogP contribution is -2.37. The first-order valence-corrected chi connectivity index (χ1v) is 12.8. The highest BCUT2D eigenvalue weighted by molar-refractivity contribution is 6.31. The third kappa shape index (κ3) is 5.16. The number of Topliss-reactive ketones (excluding diaryl/α,β-unsaturated/α-hetero) is 1. The van der Waals surface area contributed by atoms with E-state index in [4.69, 9.17) is 22.1 Å². The molecule has 0 radical (unpaired) electrons. The maximum Gasteiger partial charge on any atom is 0.320 e. The molecule has 0 unspecified atom stereocenters. The van der Waals surface area contributed by atoms with Crippen LogP contribution in [0.2, 0.25) is 5.02 Å². The Morgan fingerprint density at radius 3 is 2.68 bits per heavy atom. The number of aliphatic carboxylic acids is 1. The van der Waals surface area contributed by atoms with Crippen molar-refractivity contribution in [1.82, 2.24) is 9.47 Å². The molecule has 0 spiro atoms. The highest BCUT2D eigenvalue weighted by atomic mass is 35.5. The van der Waals surface area contributed by atoms with Crippen molar-refractivity contribution >= 4 is 46.1 Å². The van der Waals surface area contributed by atoms with Crippen molar-refractivity contribution in [2.45, 2.75) is 38.3 Å². The Labute approximate surface area is 223 Å². The number of hydrogen-bond donors (Lipinski definition) is 2. The lowest BCUT2D eigenvalue weighted by Gasteiger charge is -2.22. The summed E-state index contributed by atoms with van der Waals surface area (Å²) in [5.41, 5.74) is 7.47. The summed E-state index contributed by atoms with van der Waals surface area (Å²) >= 11 is 6.06. The average Bonchev–Trinajstić information content (AvgIpc) is 3.50. The number of carboxylic acid groups (broad SMARTS) is 1. The summed E-state index contributed by atoms with van der Waals surface area (Å²) in [6, 6.07) is 7.90. The fourth-order valence-electron chi connectivity index (χ4n) is 5.33. The van der Waals surface area contributed by atoms with Gasteiger partial charge in [0.1, 0.15) is 17.6 Å². The topological polar surface area (TPSA) is 115 Å². The molecule has 1 aliphatic heterocycles. The highest BCUT2D eigenvalue weighted by Gasteiger charge is 2.31. The molecule has 198 valence electrons. The van der Waals surface area contributed by atoms with Gasteiger partial charge in [0.2, 0.25) is 5.78 Å². The van der Waals surface area contributed by atoms with Crippen LogP contribution in [-0.4, -0.2) is 58.0 Å². The van der Waals surface area contributed by atoms with Crippen LogP contribution in [-0.2, 0) is 17.8 Å². The number of rotatable bonds is 9. The van der Waals surface area contributed by atoms with Crippen LogP contribution in [0.5, 0.6) is 5.75 Å². The summed E-state index contributed by atoms with van der Waals surface area (Å²) in [6.07, 6.45) is 5.11. The van der Waals surface area contributed by atoms with Crippen molar-refractivity contribution in [3.8, 4) is 5.75 Å². The number of ketones is 1.